The number of sulfonamides is 1. The lowest BCUT2D eigenvalue weighted by Crippen LogP contribution is -2.54. The Morgan fingerprint density at radius 1 is 0.900 bits per heavy atom. The molecule has 0 radical (unpaired) electrons. The first-order valence-corrected chi connectivity index (χ1v) is 11.7. The van der Waals surface area contributed by atoms with Gasteiger partial charge in [-0.25, -0.2) is 12.8 Å². The number of halogens is 1. The van der Waals surface area contributed by atoms with Gasteiger partial charge in [0.15, 0.2) is 0 Å². The van der Waals surface area contributed by atoms with Crippen molar-refractivity contribution >= 4 is 10.0 Å². The number of hydrogen-bond acceptors (Lipinski definition) is 2. The van der Waals surface area contributed by atoms with Crippen molar-refractivity contribution in [3.8, 4) is 0 Å². The fourth-order valence-electron chi connectivity index (χ4n) is 4.46. The first-order valence-electron chi connectivity index (χ1n) is 10.2. The smallest absolute Gasteiger partial charge is 0.243 e. The number of benzene rings is 3. The molecule has 1 unspecified atom stereocenters. The van der Waals surface area contributed by atoms with E-state index in [2.05, 4.69) is 0 Å². The quantitative estimate of drug-likeness (QED) is 0.572. The molecule has 0 aromatic heterocycles. The van der Waals surface area contributed by atoms with Crippen LogP contribution in [0.25, 0.3) is 0 Å². The maximum absolute atomic E-state index is 14.0. The van der Waals surface area contributed by atoms with Gasteiger partial charge in [0.05, 0.1) is 10.9 Å². The largest absolute Gasteiger partial charge is 0.249 e. The highest BCUT2D eigenvalue weighted by molar-refractivity contribution is 7.89. The number of alkyl halides is 1. The maximum atomic E-state index is 14.0. The number of nitrogens with zero attached hydrogens (tertiary/aromatic N) is 1. The number of hydrogen-bond donors (Lipinski definition) is 0. The Bertz CT molecular complexity index is 1040. The number of aryl methyl sites for hydroxylation is 1. The molecule has 4 rings (SSSR count). The van der Waals surface area contributed by atoms with Gasteiger partial charge in [-0.1, -0.05) is 78.4 Å². The zero-order valence-electron chi connectivity index (χ0n) is 17.0. The summed E-state index contributed by atoms with van der Waals surface area (Å²) in [6, 6.07) is 26.1. The third kappa shape index (κ3) is 3.68. The van der Waals surface area contributed by atoms with E-state index < -0.39 is 28.2 Å². The van der Waals surface area contributed by atoms with Gasteiger partial charge in [0, 0.05) is 12.0 Å². The molecule has 3 nitrogen and oxygen atoms in total. The Labute approximate surface area is 178 Å². The molecular formula is C25H26FNO2S. The fraction of sp³-hybridized carbons (Fsp3) is 0.280. The van der Waals surface area contributed by atoms with Gasteiger partial charge in [-0.3, -0.25) is 0 Å². The van der Waals surface area contributed by atoms with Gasteiger partial charge in [0.25, 0.3) is 0 Å². The van der Waals surface area contributed by atoms with Crippen molar-refractivity contribution in [1.29, 1.82) is 0 Å². The van der Waals surface area contributed by atoms with Crippen LogP contribution < -0.4 is 0 Å². The summed E-state index contributed by atoms with van der Waals surface area (Å²) in [5.74, 6) is 0. The molecule has 0 spiro atoms. The third-order valence-corrected chi connectivity index (χ3v) is 8.11. The molecule has 0 aliphatic carbocycles. The highest BCUT2D eigenvalue weighted by Gasteiger charge is 2.46. The Morgan fingerprint density at radius 2 is 1.43 bits per heavy atom. The minimum absolute atomic E-state index is 0.212. The van der Waals surface area contributed by atoms with E-state index in [9.17, 15) is 12.8 Å². The molecular weight excluding hydrogens is 397 g/mol. The summed E-state index contributed by atoms with van der Waals surface area (Å²) >= 11 is 0. The summed E-state index contributed by atoms with van der Waals surface area (Å²) in [6.07, 6.45) is 1.15. The number of rotatable bonds is 5. The molecule has 0 bridgehead atoms. The van der Waals surface area contributed by atoms with Crippen LogP contribution in [0.15, 0.2) is 89.8 Å². The van der Waals surface area contributed by atoms with Crippen molar-refractivity contribution in [3.63, 3.8) is 0 Å². The molecule has 30 heavy (non-hydrogen) atoms. The van der Waals surface area contributed by atoms with Crippen molar-refractivity contribution in [1.82, 2.24) is 4.31 Å². The minimum Gasteiger partial charge on any atom is -0.249 e. The zero-order chi connectivity index (χ0) is 21.2. The molecule has 1 aliphatic rings. The Hall–Kier alpha value is -2.50. The van der Waals surface area contributed by atoms with E-state index in [1.54, 1.807) is 24.3 Å². The third-order valence-electron chi connectivity index (χ3n) is 6.20. The summed E-state index contributed by atoms with van der Waals surface area (Å²) in [5.41, 5.74) is 2.57. The SMILES string of the molecule is Cc1ccc(S(=O)(=O)N2CC(c3ccccc3)(c3ccccc3)CCC2CF)cc1. The molecule has 5 heteroatoms. The molecule has 1 aliphatic heterocycles. The van der Waals surface area contributed by atoms with Crippen molar-refractivity contribution in [2.45, 2.75) is 36.1 Å². The van der Waals surface area contributed by atoms with Crippen LogP contribution in [-0.4, -0.2) is 32.0 Å². The highest BCUT2D eigenvalue weighted by Crippen LogP contribution is 2.43. The monoisotopic (exact) mass is 423 g/mol. The normalized spacial score (nSPS) is 19.5. The van der Waals surface area contributed by atoms with Crippen LogP contribution in [0.5, 0.6) is 0 Å². The second kappa shape index (κ2) is 8.32. The summed E-state index contributed by atoms with van der Waals surface area (Å²) in [4.78, 5) is 0.212. The van der Waals surface area contributed by atoms with Crippen LogP contribution in [-0.2, 0) is 15.4 Å². The van der Waals surface area contributed by atoms with Crippen LogP contribution in [0, 0.1) is 6.92 Å². The van der Waals surface area contributed by atoms with Crippen molar-refractivity contribution in [3.05, 3.63) is 102 Å². The lowest BCUT2D eigenvalue weighted by atomic mass is 9.69. The fourth-order valence-corrected chi connectivity index (χ4v) is 6.16. The van der Waals surface area contributed by atoms with Crippen LogP contribution in [0.4, 0.5) is 4.39 Å². The Balaban J connectivity index is 1.84. The van der Waals surface area contributed by atoms with E-state index >= 15 is 0 Å². The average molecular weight is 424 g/mol. The van der Waals surface area contributed by atoms with E-state index in [1.807, 2.05) is 67.6 Å². The average Bonchev–Trinajstić information content (AvgIpc) is 2.80. The Kier molecular flexibility index (Phi) is 5.76. The molecule has 156 valence electrons. The van der Waals surface area contributed by atoms with Crippen molar-refractivity contribution in [2.75, 3.05) is 13.2 Å². The second-order valence-electron chi connectivity index (χ2n) is 8.02. The molecule has 1 saturated heterocycles. The van der Waals surface area contributed by atoms with Crippen molar-refractivity contribution < 1.29 is 12.8 Å². The van der Waals surface area contributed by atoms with Crippen molar-refractivity contribution in [2.24, 2.45) is 0 Å². The predicted octanol–water partition coefficient (Wildman–Crippen LogP) is 5.10. The first-order chi connectivity index (χ1) is 14.5. The number of piperidine rings is 1. The van der Waals surface area contributed by atoms with Gasteiger partial charge in [-0.05, 0) is 43.0 Å². The molecule has 0 amide bonds. The Morgan fingerprint density at radius 3 is 1.93 bits per heavy atom. The van der Waals surface area contributed by atoms with Crippen LogP contribution >= 0.6 is 0 Å². The highest BCUT2D eigenvalue weighted by atomic mass is 32.2. The van der Waals surface area contributed by atoms with Crippen LogP contribution in [0.1, 0.15) is 29.5 Å². The van der Waals surface area contributed by atoms with Crippen LogP contribution in [0.3, 0.4) is 0 Å². The molecule has 0 saturated carbocycles. The zero-order valence-corrected chi connectivity index (χ0v) is 17.9. The lowest BCUT2D eigenvalue weighted by molar-refractivity contribution is 0.162. The van der Waals surface area contributed by atoms with E-state index in [0.29, 0.717) is 12.8 Å². The lowest BCUT2D eigenvalue weighted by Gasteiger charge is -2.46. The first kappa shape index (κ1) is 20.8. The summed E-state index contributed by atoms with van der Waals surface area (Å²) in [6.45, 7) is 1.44. The molecule has 3 aromatic rings. The van der Waals surface area contributed by atoms with Gasteiger partial charge >= 0.3 is 0 Å². The topological polar surface area (TPSA) is 37.4 Å². The minimum atomic E-state index is -3.83. The van der Waals surface area contributed by atoms with Gasteiger partial charge in [0.1, 0.15) is 6.67 Å². The van der Waals surface area contributed by atoms with Crippen LogP contribution in [0.2, 0.25) is 0 Å². The van der Waals surface area contributed by atoms with E-state index in [-0.39, 0.29) is 11.4 Å². The molecule has 1 atom stereocenters. The van der Waals surface area contributed by atoms with E-state index in [1.165, 1.54) is 4.31 Å². The molecule has 1 heterocycles. The maximum Gasteiger partial charge on any atom is 0.243 e. The van der Waals surface area contributed by atoms with Gasteiger partial charge in [-0.15, -0.1) is 0 Å². The summed E-state index contributed by atoms with van der Waals surface area (Å²) in [5, 5.41) is 0. The van der Waals surface area contributed by atoms with Gasteiger partial charge in [-0.2, -0.15) is 4.31 Å². The predicted molar refractivity (Wildman–Crippen MR) is 118 cm³/mol. The molecule has 3 aromatic carbocycles. The molecule has 0 N–H and O–H groups in total. The molecule has 1 fully saturated rings. The van der Waals surface area contributed by atoms with Gasteiger partial charge in [0.2, 0.25) is 10.0 Å². The van der Waals surface area contributed by atoms with E-state index in [0.717, 1.165) is 16.7 Å². The second-order valence-corrected chi connectivity index (χ2v) is 9.91. The van der Waals surface area contributed by atoms with Gasteiger partial charge < -0.3 is 0 Å². The summed E-state index contributed by atoms with van der Waals surface area (Å²) < 4.78 is 42.5. The standard InChI is InChI=1S/C25H26FNO2S/c1-20-12-14-24(15-13-20)30(28,29)27-19-25(17-16-23(27)18-26,21-8-4-2-5-9-21)22-10-6-3-7-11-22/h2-15,23H,16-19H2,1H3. The van der Waals surface area contributed by atoms with E-state index in [4.69, 9.17) is 0 Å². The summed E-state index contributed by atoms with van der Waals surface area (Å²) in [7, 11) is -3.83.